The highest BCUT2D eigenvalue weighted by Gasteiger charge is 2.47. The van der Waals surface area contributed by atoms with E-state index in [1.165, 1.54) is 0 Å². The number of hydrogen-bond donors (Lipinski definition) is 1. The highest BCUT2D eigenvalue weighted by Crippen LogP contribution is 2.25. The second-order valence-corrected chi connectivity index (χ2v) is 5.64. The Morgan fingerprint density at radius 1 is 1.27 bits per heavy atom. The minimum atomic E-state index is -0.795. The summed E-state index contributed by atoms with van der Waals surface area (Å²) in [5.41, 5.74) is -1.12. The average molecular weight is 212 g/mol. The van der Waals surface area contributed by atoms with Crippen LogP contribution in [0.3, 0.4) is 0 Å². The van der Waals surface area contributed by atoms with Crippen LogP contribution >= 0.6 is 0 Å². The Kier molecular flexibility index (Phi) is 2.58. The molecule has 1 aliphatic heterocycles. The highest BCUT2D eigenvalue weighted by atomic mass is 16.2. The van der Waals surface area contributed by atoms with Crippen molar-refractivity contribution in [3.05, 3.63) is 0 Å². The van der Waals surface area contributed by atoms with Crippen LogP contribution < -0.4 is 5.32 Å². The number of carbonyl (C=O) groups excluding carboxylic acids is 2. The lowest BCUT2D eigenvalue weighted by molar-refractivity contribution is -0.158. The van der Waals surface area contributed by atoms with Gasteiger partial charge in [0.15, 0.2) is 0 Å². The van der Waals surface area contributed by atoms with Gasteiger partial charge in [0, 0.05) is 5.54 Å². The third kappa shape index (κ3) is 1.98. The topological polar surface area (TPSA) is 49.4 Å². The first kappa shape index (κ1) is 12.0. The van der Waals surface area contributed by atoms with Crippen molar-refractivity contribution in [1.82, 2.24) is 10.2 Å². The molecule has 0 aromatic heterocycles. The van der Waals surface area contributed by atoms with Gasteiger partial charge in [-0.15, -0.1) is 0 Å². The molecule has 0 spiro atoms. The summed E-state index contributed by atoms with van der Waals surface area (Å²) in [4.78, 5) is 25.5. The predicted molar refractivity (Wildman–Crippen MR) is 58.3 cm³/mol. The van der Waals surface area contributed by atoms with Gasteiger partial charge in [-0.1, -0.05) is 0 Å². The molecule has 0 aromatic rings. The summed E-state index contributed by atoms with van der Waals surface area (Å²) < 4.78 is 0. The summed E-state index contributed by atoms with van der Waals surface area (Å²) in [7, 11) is 0. The summed E-state index contributed by atoms with van der Waals surface area (Å²) in [5, 5.41) is 2.73. The van der Waals surface area contributed by atoms with Crippen LogP contribution in [-0.4, -0.2) is 33.8 Å². The number of nitrogens with one attached hydrogen (secondary N) is 1. The Morgan fingerprint density at radius 2 is 1.73 bits per heavy atom. The van der Waals surface area contributed by atoms with Gasteiger partial charge in [0.1, 0.15) is 11.6 Å². The monoisotopic (exact) mass is 212 g/mol. The van der Waals surface area contributed by atoms with E-state index in [9.17, 15) is 9.59 Å². The fourth-order valence-electron chi connectivity index (χ4n) is 1.95. The molecule has 1 saturated heterocycles. The van der Waals surface area contributed by atoms with Gasteiger partial charge in [0.25, 0.3) is 0 Å². The van der Waals surface area contributed by atoms with Crippen LogP contribution in [0.25, 0.3) is 0 Å². The number of hydrogen-bond acceptors (Lipinski definition) is 2. The SMILES string of the molecule is CC1C(=O)NC(C)(C)C(=O)N1C(C)(C)C. The zero-order chi connectivity index (χ0) is 12.0. The first-order valence-corrected chi connectivity index (χ1v) is 5.23. The van der Waals surface area contributed by atoms with Crippen LogP contribution in [0.4, 0.5) is 0 Å². The van der Waals surface area contributed by atoms with Crippen molar-refractivity contribution in [3.8, 4) is 0 Å². The fourth-order valence-corrected chi connectivity index (χ4v) is 1.95. The molecular weight excluding hydrogens is 192 g/mol. The lowest BCUT2D eigenvalue weighted by atomic mass is 9.92. The smallest absolute Gasteiger partial charge is 0.248 e. The second-order valence-electron chi connectivity index (χ2n) is 5.64. The number of nitrogens with zero attached hydrogens (tertiary/aromatic N) is 1. The minimum Gasteiger partial charge on any atom is -0.340 e. The standard InChI is InChI=1S/C11H20N2O2/c1-7-8(14)12-11(5,6)9(15)13(7)10(2,3)4/h7H,1-6H3,(H,12,14). The maximum Gasteiger partial charge on any atom is 0.248 e. The normalized spacial score (nSPS) is 26.5. The maximum atomic E-state index is 12.2. The molecule has 0 aliphatic carbocycles. The number of piperazine rings is 1. The van der Waals surface area contributed by atoms with E-state index in [1.54, 1.807) is 25.7 Å². The molecule has 86 valence electrons. The van der Waals surface area contributed by atoms with E-state index in [1.807, 2.05) is 20.8 Å². The predicted octanol–water partition coefficient (Wildman–Crippen LogP) is 0.910. The van der Waals surface area contributed by atoms with E-state index in [2.05, 4.69) is 5.32 Å². The summed E-state index contributed by atoms with van der Waals surface area (Å²) in [5.74, 6) is -0.114. The average Bonchev–Trinajstić information content (AvgIpc) is 1.98. The summed E-state index contributed by atoms with van der Waals surface area (Å²) in [6.45, 7) is 11.0. The maximum absolute atomic E-state index is 12.2. The molecule has 1 N–H and O–H groups in total. The molecule has 1 unspecified atom stereocenters. The molecule has 0 radical (unpaired) electrons. The second kappa shape index (κ2) is 3.22. The van der Waals surface area contributed by atoms with Crippen LogP contribution in [0.15, 0.2) is 0 Å². The van der Waals surface area contributed by atoms with Crippen LogP contribution in [0.5, 0.6) is 0 Å². The molecule has 0 aromatic carbocycles. The van der Waals surface area contributed by atoms with Gasteiger partial charge in [-0.25, -0.2) is 0 Å². The third-order valence-electron chi connectivity index (χ3n) is 2.68. The van der Waals surface area contributed by atoms with Gasteiger partial charge in [-0.2, -0.15) is 0 Å². The Labute approximate surface area is 91.0 Å². The van der Waals surface area contributed by atoms with E-state index < -0.39 is 11.6 Å². The molecule has 1 aliphatic rings. The molecular formula is C11H20N2O2. The van der Waals surface area contributed by atoms with Gasteiger partial charge < -0.3 is 10.2 Å². The van der Waals surface area contributed by atoms with Gasteiger partial charge in [-0.05, 0) is 41.5 Å². The van der Waals surface area contributed by atoms with E-state index >= 15 is 0 Å². The number of amides is 2. The molecule has 4 heteroatoms. The Balaban J connectivity index is 3.12. The van der Waals surface area contributed by atoms with Crippen LogP contribution in [0.2, 0.25) is 0 Å². The molecule has 15 heavy (non-hydrogen) atoms. The first-order chi connectivity index (χ1) is 6.57. The van der Waals surface area contributed by atoms with Crippen molar-refractivity contribution in [1.29, 1.82) is 0 Å². The fraction of sp³-hybridized carbons (Fsp3) is 0.818. The molecule has 0 bridgehead atoms. The Hall–Kier alpha value is -1.06. The van der Waals surface area contributed by atoms with Crippen molar-refractivity contribution < 1.29 is 9.59 Å². The van der Waals surface area contributed by atoms with Crippen LogP contribution in [0.1, 0.15) is 41.5 Å². The van der Waals surface area contributed by atoms with E-state index in [0.717, 1.165) is 0 Å². The van der Waals surface area contributed by atoms with Crippen LogP contribution in [0, 0.1) is 0 Å². The minimum absolute atomic E-state index is 0.0258. The van der Waals surface area contributed by atoms with E-state index in [4.69, 9.17) is 0 Å². The zero-order valence-corrected chi connectivity index (χ0v) is 10.3. The molecule has 0 saturated carbocycles. The molecule has 2 amide bonds. The van der Waals surface area contributed by atoms with Crippen molar-refractivity contribution in [2.75, 3.05) is 0 Å². The van der Waals surface area contributed by atoms with Gasteiger partial charge in [-0.3, -0.25) is 9.59 Å². The lowest BCUT2D eigenvalue weighted by Gasteiger charge is -2.48. The molecule has 1 atom stereocenters. The summed E-state index contributed by atoms with van der Waals surface area (Å²) >= 11 is 0. The van der Waals surface area contributed by atoms with Crippen molar-refractivity contribution in [2.45, 2.75) is 58.7 Å². The Morgan fingerprint density at radius 3 is 2.13 bits per heavy atom. The molecule has 4 nitrogen and oxygen atoms in total. The van der Waals surface area contributed by atoms with Gasteiger partial charge >= 0.3 is 0 Å². The van der Waals surface area contributed by atoms with E-state index in [0.29, 0.717) is 0 Å². The van der Waals surface area contributed by atoms with Gasteiger partial charge in [0.05, 0.1) is 0 Å². The quantitative estimate of drug-likeness (QED) is 0.649. The zero-order valence-electron chi connectivity index (χ0n) is 10.3. The highest BCUT2D eigenvalue weighted by molar-refractivity contribution is 5.99. The lowest BCUT2D eigenvalue weighted by Crippen LogP contribution is -2.70. The molecule has 1 rings (SSSR count). The molecule has 1 heterocycles. The Bertz CT molecular complexity index is 302. The summed E-state index contributed by atoms with van der Waals surface area (Å²) in [6.07, 6.45) is 0. The number of rotatable bonds is 0. The van der Waals surface area contributed by atoms with Gasteiger partial charge in [0.2, 0.25) is 11.8 Å². The first-order valence-electron chi connectivity index (χ1n) is 5.23. The van der Waals surface area contributed by atoms with E-state index in [-0.39, 0.29) is 17.4 Å². The third-order valence-corrected chi connectivity index (χ3v) is 2.68. The van der Waals surface area contributed by atoms with Crippen LogP contribution in [-0.2, 0) is 9.59 Å². The molecule has 1 fully saturated rings. The number of carbonyl (C=O) groups is 2. The van der Waals surface area contributed by atoms with Crippen molar-refractivity contribution in [2.24, 2.45) is 0 Å². The van der Waals surface area contributed by atoms with Crippen molar-refractivity contribution in [3.63, 3.8) is 0 Å². The van der Waals surface area contributed by atoms with Crippen molar-refractivity contribution >= 4 is 11.8 Å². The summed E-state index contributed by atoms with van der Waals surface area (Å²) in [6, 6.07) is -0.398. The largest absolute Gasteiger partial charge is 0.340 e.